The third-order valence-corrected chi connectivity index (χ3v) is 5.71. The van der Waals surface area contributed by atoms with Crippen LogP contribution in [0.15, 0.2) is 12.2 Å². The van der Waals surface area contributed by atoms with E-state index in [0.717, 1.165) is 25.8 Å². The van der Waals surface area contributed by atoms with E-state index in [1.807, 2.05) is 0 Å². The van der Waals surface area contributed by atoms with E-state index in [-0.39, 0.29) is 12.2 Å². The zero-order valence-electron chi connectivity index (χ0n) is 13.6. The Labute approximate surface area is 133 Å². The van der Waals surface area contributed by atoms with Crippen LogP contribution in [0.5, 0.6) is 5.75 Å². The maximum Gasteiger partial charge on any atom is 0.140 e. The molecule has 1 N–H and O–H groups in total. The summed E-state index contributed by atoms with van der Waals surface area (Å²) in [6.07, 6.45) is 14.5. The molecule has 1 fully saturated rings. The van der Waals surface area contributed by atoms with E-state index in [0.29, 0.717) is 11.7 Å². The lowest BCUT2D eigenvalue weighted by molar-refractivity contribution is -0.113. The predicted molar refractivity (Wildman–Crippen MR) is 87.4 cm³/mol. The topological polar surface area (TPSA) is 34.4 Å². The van der Waals surface area contributed by atoms with Crippen LogP contribution in [0.2, 0.25) is 0 Å². The van der Waals surface area contributed by atoms with Crippen LogP contribution in [-0.4, -0.2) is 21.9 Å². The van der Waals surface area contributed by atoms with Gasteiger partial charge in [0.05, 0.1) is 17.9 Å². The van der Waals surface area contributed by atoms with Crippen LogP contribution in [0.3, 0.4) is 0 Å². The summed E-state index contributed by atoms with van der Waals surface area (Å²) in [6.45, 7) is 3.23. The molecule has 120 valence electrons. The minimum atomic E-state index is 0.155. The smallest absolute Gasteiger partial charge is 0.140 e. The normalized spacial score (nSPS) is 31.4. The summed E-state index contributed by atoms with van der Waals surface area (Å²) in [5.41, 5.74) is 3.80. The maximum absolute atomic E-state index is 10.8. The molecule has 0 spiro atoms. The molecule has 1 aliphatic carbocycles. The number of hydrogen-bond donors (Lipinski definition) is 1. The molecule has 3 unspecified atom stereocenters. The monoisotopic (exact) mass is 301 g/mol. The Morgan fingerprint density at radius 3 is 2.77 bits per heavy atom. The molecule has 0 saturated carbocycles. The molecule has 0 aromatic carbocycles. The number of fused-ring (bicyclic) bond motifs is 5. The lowest BCUT2D eigenvalue weighted by Crippen LogP contribution is -2.44. The van der Waals surface area contributed by atoms with E-state index in [1.165, 1.54) is 49.1 Å². The van der Waals surface area contributed by atoms with Crippen molar-refractivity contribution in [2.75, 3.05) is 0 Å². The molecular formula is C19H27NO2. The standard InChI is InChI=1S/C19H27NO2/c1-13-17-16(22-13)11-7-5-3-2-4-6-9-14-18(17)19(21)15-10-8-12-20(14)15/h7,11,13,16-17,21H,2-6,8-10,12H2,1H3. The van der Waals surface area contributed by atoms with Gasteiger partial charge < -0.3 is 14.4 Å². The summed E-state index contributed by atoms with van der Waals surface area (Å²) < 4.78 is 8.37. The highest BCUT2D eigenvalue weighted by molar-refractivity contribution is 5.49. The molecule has 3 heteroatoms. The number of rotatable bonds is 0. The fourth-order valence-electron chi connectivity index (χ4n) is 4.57. The zero-order valence-corrected chi connectivity index (χ0v) is 13.6. The van der Waals surface area contributed by atoms with Crippen LogP contribution in [0, 0.1) is 0 Å². The summed E-state index contributed by atoms with van der Waals surface area (Å²) in [4.78, 5) is 0. The van der Waals surface area contributed by atoms with Crippen LogP contribution >= 0.6 is 0 Å². The average molecular weight is 301 g/mol. The Hall–Kier alpha value is -1.22. The van der Waals surface area contributed by atoms with Gasteiger partial charge in [0.25, 0.3) is 0 Å². The highest BCUT2D eigenvalue weighted by atomic mass is 16.5. The van der Waals surface area contributed by atoms with E-state index in [2.05, 4.69) is 23.6 Å². The van der Waals surface area contributed by atoms with Crippen molar-refractivity contribution in [1.82, 2.24) is 4.57 Å². The SMILES string of the molecule is CC1OC2C=CCCCCCCc3c(c(O)c4n3CCC4)C12. The van der Waals surface area contributed by atoms with Crippen LogP contribution < -0.4 is 0 Å². The van der Waals surface area contributed by atoms with Gasteiger partial charge in [-0.15, -0.1) is 0 Å². The molecule has 0 amide bonds. The number of ether oxygens (including phenoxy) is 1. The van der Waals surface area contributed by atoms with Gasteiger partial charge in [0.15, 0.2) is 0 Å². The molecule has 1 saturated heterocycles. The molecule has 3 atom stereocenters. The lowest BCUT2D eigenvalue weighted by Gasteiger charge is -2.42. The Morgan fingerprint density at radius 1 is 1.09 bits per heavy atom. The summed E-state index contributed by atoms with van der Waals surface area (Å²) in [5, 5.41) is 10.8. The van der Waals surface area contributed by atoms with Crippen molar-refractivity contribution in [2.45, 2.75) is 83.0 Å². The van der Waals surface area contributed by atoms with Crippen molar-refractivity contribution in [3.8, 4) is 5.75 Å². The fraction of sp³-hybridized carbons (Fsp3) is 0.684. The van der Waals surface area contributed by atoms with Gasteiger partial charge in [0.2, 0.25) is 0 Å². The Morgan fingerprint density at radius 2 is 1.91 bits per heavy atom. The van der Waals surface area contributed by atoms with Gasteiger partial charge in [-0.05, 0) is 45.4 Å². The van der Waals surface area contributed by atoms with Gasteiger partial charge in [-0.1, -0.05) is 25.0 Å². The van der Waals surface area contributed by atoms with E-state index in [9.17, 15) is 5.11 Å². The van der Waals surface area contributed by atoms with Crippen LogP contribution in [0.25, 0.3) is 0 Å². The molecule has 2 aliphatic heterocycles. The fourth-order valence-corrected chi connectivity index (χ4v) is 4.57. The van der Waals surface area contributed by atoms with Gasteiger partial charge in [-0.25, -0.2) is 0 Å². The Bertz CT molecular complexity index is 587. The van der Waals surface area contributed by atoms with Gasteiger partial charge >= 0.3 is 0 Å². The molecule has 0 bridgehead atoms. The van der Waals surface area contributed by atoms with E-state index in [1.54, 1.807) is 0 Å². The van der Waals surface area contributed by atoms with Crippen molar-refractivity contribution in [3.63, 3.8) is 0 Å². The van der Waals surface area contributed by atoms with Crippen LogP contribution in [0.1, 0.15) is 68.3 Å². The maximum atomic E-state index is 10.8. The van der Waals surface area contributed by atoms with Gasteiger partial charge in [-0.3, -0.25) is 0 Å². The molecular weight excluding hydrogens is 274 g/mol. The minimum absolute atomic E-state index is 0.155. The highest BCUT2D eigenvalue weighted by Crippen LogP contribution is 2.48. The second-order valence-corrected chi connectivity index (χ2v) is 7.12. The van der Waals surface area contributed by atoms with E-state index in [4.69, 9.17) is 4.74 Å². The first-order valence-electron chi connectivity index (χ1n) is 9.02. The largest absolute Gasteiger partial charge is 0.506 e. The molecule has 4 rings (SSSR count). The number of hydrogen-bond acceptors (Lipinski definition) is 2. The van der Waals surface area contributed by atoms with Crippen molar-refractivity contribution in [2.24, 2.45) is 0 Å². The first kappa shape index (κ1) is 14.4. The quantitative estimate of drug-likeness (QED) is 0.733. The molecule has 22 heavy (non-hydrogen) atoms. The number of allylic oxidation sites excluding steroid dienone is 1. The zero-order chi connectivity index (χ0) is 15.1. The minimum Gasteiger partial charge on any atom is -0.506 e. The second-order valence-electron chi connectivity index (χ2n) is 7.12. The first-order valence-corrected chi connectivity index (χ1v) is 9.02. The first-order chi connectivity index (χ1) is 10.8. The van der Waals surface area contributed by atoms with Crippen molar-refractivity contribution in [1.29, 1.82) is 0 Å². The third kappa shape index (κ3) is 2.21. The van der Waals surface area contributed by atoms with E-state index < -0.39 is 0 Å². The number of nitrogens with zero attached hydrogens (tertiary/aromatic N) is 1. The average Bonchev–Trinajstić information content (AvgIpc) is 3.05. The Balaban J connectivity index is 1.76. The van der Waals surface area contributed by atoms with Crippen molar-refractivity contribution >= 4 is 0 Å². The molecule has 3 nitrogen and oxygen atoms in total. The van der Waals surface area contributed by atoms with Gasteiger partial charge in [0.1, 0.15) is 5.75 Å². The van der Waals surface area contributed by atoms with E-state index >= 15 is 0 Å². The molecule has 1 aromatic heterocycles. The lowest BCUT2D eigenvalue weighted by atomic mass is 9.81. The van der Waals surface area contributed by atoms with Crippen molar-refractivity contribution < 1.29 is 9.84 Å². The third-order valence-electron chi connectivity index (χ3n) is 5.71. The molecule has 1 aromatic rings. The summed E-state index contributed by atoms with van der Waals surface area (Å²) in [7, 11) is 0. The summed E-state index contributed by atoms with van der Waals surface area (Å²) in [5.74, 6) is 0.923. The Kier molecular flexibility index (Phi) is 3.77. The summed E-state index contributed by atoms with van der Waals surface area (Å²) >= 11 is 0. The summed E-state index contributed by atoms with van der Waals surface area (Å²) in [6, 6.07) is 0. The second kappa shape index (κ2) is 5.77. The van der Waals surface area contributed by atoms with Crippen molar-refractivity contribution in [3.05, 3.63) is 29.1 Å². The number of aromatic hydroxyl groups is 1. The number of aromatic nitrogens is 1. The van der Waals surface area contributed by atoms with Crippen LogP contribution in [0.4, 0.5) is 0 Å². The van der Waals surface area contributed by atoms with Gasteiger partial charge in [0, 0.05) is 23.7 Å². The molecule has 0 radical (unpaired) electrons. The highest BCUT2D eigenvalue weighted by Gasteiger charge is 2.44. The van der Waals surface area contributed by atoms with Crippen LogP contribution in [-0.2, 0) is 24.1 Å². The molecule has 3 aliphatic rings. The van der Waals surface area contributed by atoms with Gasteiger partial charge in [-0.2, -0.15) is 0 Å². The predicted octanol–water partition coefficient (Wildman–Crippen LogP) is 4.07. The molecule has 3 heterocycles.